The molecule has 2 rings (SSSR count). The van der Waals surface area contributed by atoms with Crippen LogP contribution < -0.4 is 0 Å². The van der Waals surface area contributed by atoms with Gasteiger partial charge in [0.2, 0.25) is 11.7 Å². The molecule has 0 bridgehead atoms. The van der Waals surface area contributed by atoms with Gasteiger partial charge < -0.3 is 14.5 Å². The van der Waals surface area contributed by atoms with Crippen LogP contribution in [0.4, 0.5) is 0 Å². The van der Waals surface area contributed by atoms with Gasteiger partial charge in [-0.1, -0.05) is 18.1 Å². The van der Waals surface area contributed by atoms with Crippen molar-refractivity contribution in [2.45, 2.75) is 26.2 Å². The molecule has 0 aliphatic rings. The molecule has 6 heteroatoms. The maximum absolute atomic E-state index is 8.85. The van der Waals surface area contributed by atoms with Crippen molar-refractivity contribution in [3.05, 3.63) is 23.4 Å². The second-order valence-electron chi connectivity index (χ2n) is 4.60. The quantitative estimate of drug-likeness (QED) is 0.770. The van der Waals surface area contributed by atoms with Crippen molar-refractivity contribution in [3.8, 4) is 10.7 Å². The van der Waals surface area contributed by atoms with E-state index in [1.165, 1.54) is 0 Å². The molecule has 1 N–H and O–H groups in total. The molecule has 2 heterocycles. The van der Waals surface area contributed by atoms with E-state index in [-0.39, 0.29) is 6.61 Å². The lowest BCUT2D eigenvalue weighted by molar-refractivity contribution is 0.227. The Kier molecular flexibility index (Phi) is 6.17. The maximum atomic E-state index is 8.85. The van der Waals surface area contributed by atoms with Gasteiger partial charge in [-0.05, 0) is 37.4 Å². The van der Waals surface area contributed by atoms with Crippen molar-refractivity contribution in [2.24, 2.45) is 0 Å². The summed E-state index contributed by atoms with van der Waals surface area (Å²) >= 11 is 1.61. The SMILES string of the molecule is CCN(CCCO)CCCc1nc(-c2cccs2)no1. The molecule has 0 aromatic carbocycles. The molecular weight excluding hydrogens is 274 g/mol. The summed E-state index contributed by atoms with van der Waals surface area (Å²) in [5, 5.41) is 14.9. The standard InChI is InChI=1S/C14H21N3O2S/c1-2-17(9-5-10-18)8-3-7-13-15-14(16-19-13)12-6-4-11-20-12/h4,6,11,18H,2-3,5,7-10H2,1H3. The third-order valence-corrected chi connectivity index (χ3v) is 4.02. The van der Waals surface area contributed by atoms with Gasteiger partial charge in [0.1, 0.15) is 0 Å². The Morgan fingerprint density at radius 3 is 2.90 bits per heavy atom. The molecule has 2 aromatic rings. The third kappa shape index (κ3) is 4.40. The van der Waals surface area contributed by atoms with Gasteiger partial charge in [-0.25, -0.2) is 0 Å². The van der Waals surface area contributed by atoms with Gasteiger partial charge >= 0.3 is 0 Å². The summed E-state index contributed by atoms with van der Waals surface area (Å²) in [4.78, 5) is 7.78. The van der Waals surface area contributed by atoms with Gasteiger partial charge in [0.05, 0.1) is 4.88 Å². The lowest BCUT2D eigenvalue weighted by Crippen LogP contribution is -2.26. The highest BCUT2D eigenvalue weighted by atomic mass is 32.1. The summed E-state index contributed by atoms with van der Waals surface area (Å²) in [6.45, 7) is 5.33. The lowest BCUT2D eigenvalue weighted by atomic mass is 10.2. The molecule has 0 amide bonds. The molecule has 0 unspecified atom stereocenters. The van der Waals surface area contributed by atoms with E-state index in [0.29, 0.717) is 11.7 Å². The number of nitrogens with zero attached hydrogens (tertiary/aromatic N) is 3. The van der Waals surface area contributed by atoms with Crippen molar-refractivity contribution >= 4 is 11.3 Å². The van der Waals surface area contributed by atoms with Crippen molar-refractivity contribution < 1.29 is 9.63 Å². The third-order valence-electron chi connectivity index (χ3n) is 3.15. The van der Waals surface area contributed by atoms with Crippen LogP contribution >= 0.6 is 11.3 Å². The minimum Gasteiger partial charge on any atom is -0.396 e. The zero-order valence-corrected chi connectivity index (χ0v) is 12.6. The number of aromatic nitrogens is 2. The first-order valence-corrected chi connectivity index (χ1v) is 7.91. The van der Waals surface area contributed by atoms with Crippen molar-refractivity contribution in [1.82, 2.24) is 15.0 Å². The van der Waals surface area contributed by atoms with E-state index in [1.54, 1.807) is 11.3 Å². The molecule has 5 nitrogen and oxygen atoms in total. The summed E-state index contributed by atoms with van der Waals surface area (Å²) in [5.74, 6) is 1.38. The molecule has 20 heavy (non-hydrogen) atoms. The Morgan fingerprint density at radius 1 is 1.35 bits per heavy atom. The first-order chi connectivity index (χ1) is 9.83. The predicted octanol–water partition coefficient (Wildman–Crippen LogP) is 2.44. The van der Waals surface area contributed by atoms with Crippen LogP contribution in [0.25, 0.3) is 10.7 Å². The minimum absolute atomic E-state index is 0.254. The van der Waals surface area contributed by atoms with E-state index in [4.69, 9.17) is 9.63 Å². The van der Waals surface area contributed by atoms with Crippen LogP contribution in [0, 0.1) is 0 Å². The Labute approximate surface area is 123 Å². The van der Waals surface area contributed by atoms with Crippen LogP contribution in [0.15, 0.2) is 22.0 Å². The van der Waals surface area contributed by atoms with Crippen LogP contribution in [0.5, 0.6) is 0 Å². The minimum atomic E-state index is 0.254. The van der Waals surface area contributed by atoms with Gasteiger partial charge in [0.15, 0.2) is 0 Å². The lowest BCUT2D eigenvalue weighted by Gasteiger charge is -2.19. The van der Waals surface area contributed by atoms with Gasteiger partial charge in [-0.3, -0.25) is 0 Å². The predicted molar refractivity (Wildman–Crippen MR) is 79.7 cm³/mol. The van der Waals surface area contributed by atoms with Crippen molar-refractivity contribution in [2.75, 3.05) is 26.2 Å². The monoisotopic (exact) mass is 295 g/mol. The van der Waals surface area contributed by atoms with E-state index in [1.807, 2.05) is 17.5 Å². The van der Waals surface area contributed by atoms with Crippen LogP contribution in [0.1, 0.15) is 25.7 Å². The van der Waals surface area contributed by atoms with Crippen molar-refractivity contribution in [1.29, 1.82) is 0 Å². The van der Waals surface area contributed by atoms with E-state index < -0.39 is 0 Å². The van der Waals surface area contributed by atoms with Crippen LogP contribution in [-0.4, -0.2) is 46.4 Å². The normalized spacial score (nSPS) is 11.3. The highest BCUT2D eigenvalue weighted by Crippen LogP contribution is 2.21. The molecule has 0 atom stereocenters. The summed E-state index contributed by atoms with van der Waals surface area (Å²) in [5.41, 5.74) is 0. The number of hydrogen-bond donors (Lipinski definition) is 1. The molecule has 0 aliphatic heterocycles. The van der Waals surface area contributed by atoms with E-state index in [0.717, 1.165) is 43.8 Å². The molecule has 2 aromatic heterocycles. The highest BCUT2D eigenvalue weighted by Gasteiger charge is 2.09. The second-order valence-corrected chi connectivity index (χ2v) is 5.55. The average Bonchev–Trinajstić information content (AvgIpc) is 3.13. The molecule has 0 spiro atoms. The number of hydrogen-bond acceptors (Lipinski definition) is 6. The number of aliphatic hydroxyl groups excluding tert-OH is 1. The van der Waals surface area contributed by atoms with E-state index in [2.05, 4.69) is 22.0 Å². The zero-order chi connectivity index (χ0) is 14.2. The maximum Gasteiger partial charge on any atom is 0.227 e. The van der Waals surface area contributed by atoms with Crippen molar-refractivity contribution in [3.63, 3.8) is 0 Å². The molecule has 0 saturated carbocycles. The average molecular weight is 295 g/mol. The Morgan fingerprint density at radius 2 is 2.20 bits per heavy atom. The Hall–Kier alpha value is -1.24. The number of thiophene rings is 1. The first-order valence-electron chi connectivity index (χ1n) is 7.03. The van der Waals surface area contributed by atoms with Gasteiger partial charge in [0, 0.05) is 19.6 Å². The van der Waals surface area contributed by atoms with Gasteiger partial charge in [-0.2, -0.15) is 4.98 Å². The topological polar surface area (TPSA) is 62.4 Å². The largest absolute Gasteiger partial charge is 0.396 e. The Balaban J connectivity index is 1.77. The van der Waals surface area contributed by atoms with Crippen LogP contribution in [0.3, 0.4) is 0 Å². The summed E-state index contributed by atoms with van der Waals surface area (Å²) in [7, 11) is 0. The molecule has 0 fully saturated rings. The van der Waals surface area contributed by atoms with Crippen LogP contribution in [0.2, 0.25) is 0 Å². The van der Waals surface area contributed by atoms with Gasteiger partial charge in [0.25, 0.3) is 0 Å². The first kappa shape index (κ1) is 15.2. The van der Waals surface area contributed by atoms with E-state index >= 15 is 0 Å². The number of aryl methyl sites for hydroxylation is 1. The fourth-order valence-corrected chi connectivity index (χ4v) is 2.69. The smallest absolute Gasteiger partial charge is 0.227 e. The fraction of sp³-hybridized carbons (Fsp3) is 0.571. The second kappa shape index (κ2) is 8.14. The molecule has 110 valence electrons. The highest BCUT2D eigenvalue weighted by molar-refractivity contribution is 7.13. The number of rotatable bonds is 9. The molecule has 0 saturated heterocycles. The summed E-state index contributed by atoms with van der Waals surface area (Å²) in [6, 6.07) is 3.98. The molecule has 0 aliphatic carbocycles. The number of aliphatic hydroxyl groups is 1. The summed E-state index contributed by atoms with van der Waals surface area (Å²) in [6.07, 6.45) is 2.62. The van der Waals surface area contributed by atoms with E-state index in [9.17, 15) is 0 Å². The zero-order valence-electron chi connectivity index (χ0n) is 11.8. The fourth-order valence-electron chi connectivity index (χ4n) is 2.04. The Bertz CT molecular complexity index is 484. The molecule has 0 radical (unpaired) electrons. The summed E-state index contributed by atoms with van der Waals surface area (Å²) < 4.78 is 5.27. The molecular formula is C14H21N3O2S. The van der Waals surface area contributed by atoms with Gasteiger partial charge in [-0.15, -0.1) is 11.3 Å². The van der Waals surface area contributed by atoms with Crippen LogP contribution in [-0.2, 0) is 6.42 Å².